The molecule has 6 nitrogen and oxygen atoms in total. The normalized spacial score (nSPS) is 15.3. The molecule has 1 saturated heterocycles. The number of benzene rings is 3. The Bertz CT molecular complexity index is 1240. The Morgan fingerprint density at radius 1 is 0.914 bits per heavy atom. The molecule has 180 valence electrons. The van der Waals surface area contributed by atoms with Crippen LogP contribution in [0.2, 0.25) is 0 Å². The summed E-state index contributed by atoms with van der Waals surface area (Å²) in [7, 11) is 0. The maximum atomic E-state index is 13.1. The molecule has 1 aliphatic heterocycles. The third-order valence-electron chi connectivity index (χ3n) is 4.90. The van der Waals surface area contributed by atoms with Crippen molar-refractivity contribution in [3.63, 3.8) is 0 Å². The number of aliphatic imine (C=N–C) groups is 1. The van der Waals surface area contributed by atoms with Crippen molar-refractivity contribution < 1.29 is 23.4 Å². The molecule has 3 aromatic rings. The van der Waals surface area contributed by atoms with Gasteiger partial charge in [0.15, 0.2) is 16.7 Å². The SMILES string of the molecule is CCOc1ccc(N=C2NC(=O)/C(=C\c3ccc(OCc4ccc(F)cc4)c(OCC)c3)S2)cc1. The number of ether oxygens (including phenoxy) is 3. The lowest BCUT2D eigenvalue weighted by molar-refractivity contribution is -0.115. The van der Waals surface area contributed by atoms with Crippen molar-refractivity contribution in [2.24, 2.45) is 4.99 Å². The first-order chi connectivity index (χ1) is 17.0. The summed E-state index contributed by atoms with van der Waals surface area (Å²) in [5, 5.41) is 3.31. The minimum Gasteiger partial charge on any atom is -0.494 e. The van der Waals surface area contributed by atoms with Gasteiger partial charge in [-0.3, -0.25) is 4.79 Å². The Kier molecular flexibility index (Phi) is 8.05. The van der Waals surface area contributed by atoms with Crippen LogP contribution in [-0.2, 0) is 11.4 Å². The number of rotatable bonds is 9. The van der Waals surface area contributed by atoms with Crippen LogP contribution >= 0.6 is 11.8 Å². The van der Waals surface area contributed by atoms with E-state index >= 15 is 0 Å². The van der Waals surface area contributed by atoms with Gasteiger partial charge in [0, 0.05) is 0 Å². The summed E-state index contributed by atoms with van der Waals surface area (Å²) < 4.78 is 30.2. The fraction of sp³-hybridized carbons (Fsp3) is 0.185. The smallest absolute Gasteiger partial charge is 0.264 e. The van der Waals surface area contributed by atoms with Crippen LogP contribution in [0, 0.1) is 5.82 Å². The molecule has 1 heterocycles. The zero-order chi connectivity index (χ0) is 24.6. The fourth-order valence-corrected chi connectivity index (χ4v) is 4.12. The highest BCUT2D eigenvalue weighted by molar-refractivity contribution is 8.18. The molecule has 3 aromatic carbocycles. The predicted octanol–water partition coefficient (Wildman–Crippen LogP) is 6.09. The molecule has 0 spiro atoms. The molecule has 0 aliphatic carbocycles. The Hall–Kier alpha value is -3.78. The summed E-state index contributed by atoms with van der Waals surface area (Å²) in [4.78, 5) is 17.5. The molecule has 0 atom stereocenters. The maximum absolute atomic E-state index is 13.1. The highest BCUT2D eigenvalue weighted by Crippen LogP contribution is 2.33. The van der Waals surface area contributed by atoms with E-state index in [2.05, 4.69) is 10.3 Å². The van der Waals surface area contributed by atoms with Gasteiger partial charge in [-0.25, -0.2) is 9.38 Å². The van der Waals surface area contributed by atoms with Gasteiger partial charge >= 0.3 is 0 Å². The first-order valence-electron chi connectivity index (χ1n) is 11.2. The van der Waals surface area contributed by atoms with Crippen LogP contribution in [0.1, 0.15) is 25.0 Å². The number of carbonyl (C=O) groups excluding carboxylic acids is 1. The lowest BCUT2D eigenvalue weighted by Crippen LogP contribution is -2.19. The first-order valence-corrected chi connectivity index (χ1v) is 12.0. The minimum atomic E-state index is -0.289. The second kappa shape index (κ2) is 11.6. The minimum absolute atomic E-state index is 0.214. The molecule has 0 saturated carbocycles. The van der Waals surface area contributed by atoms with Crippen molar-refractivity contribution in [1.29, 1.82) is 0 Å². The van der Waals surface area contributed by atoms with Gasteiger partial charge in [0.2, 0.25) is 0 Å². The molecule has 0 aromatic heterocycles. The first kappa shape index (κ1) is 24.3. The van der Waals surface area contributed by atoms with E-state index in [1.165, 1.54) is 23.9 Å². The number of hydrogen-bond donors (Lipinski definition) is 1. The molecular weight excluding hydrogens is 467 g/mol. The number of thioether (sulfide) groups is 1. The van der Waals surface area contributed by atoms with Gasteiger partial charge in [-0.2, -0.15) is 0 Å². The van der Waals surface area contributed by atoms with Gasteiger partial charge in [-0.1, -0.05) is 18.2 Å². The topological polar surface area (TPSA) is 69.2 Å². The molecule has 0 radical (unpaired) electrons. The molecule has 1 aliphatic rings. The number of nitrogens with one attached hydrogen (secondary N) is 1. The van der Waals surface area contributed by atoms with E-state index in [0.717, 1.165) is 22.6 Å². The standard InChI is InChI=1S/C27H25FN2O4S/c1-3-32-22-12-10-21(11-13-22)29-27-30-26(31)25(35-27)16-19-7-14-23(24(15-19)33-4-2)34-17-18-5-8-20(28)9-6-18/h5-16H,3-4,17H2,1-2H3,(H,29,30,31)/b25-16+. The van der Waals surface area contributed by atoms with Crippen LogP contribution in [0.25, 0.3) is 6.08 Å². The van der Waals surface area contributed by atoms with Crippen LogP contribution in [0.4, 0.5) is 10.1 Å². The van der Waals surface area contributed by atoms with Gasteiger partial charge in [0.25, 0.3) is 5.91 Å². The second-order valence-corrected chi connectivity index (χ2v) is 8.49. The second-order valence-electron chi connectivity index (χ2n) is 7.46. The molecule has 0 unspecified atom stereocenters. The average molecular weight is 493 g/mol. The lowest BCUT2D eigenvalue weighted by atomic mass is 10.2. The number of amidine groups is 1. The number of amides is 1. The third-order valence-corrected chi connectivity index (χ3v) is 5.81. The molecule has 35 heavy (non-hydrogen) atoms. The summed E-state index contributed by atoms with van der Waals surface area (Å²) in [6, 6.07) is 19.0. The van der Waals surface area contributed by atoms with Crippen molar-refractivity contribution in [2.75, 3.05) is 13.2 Å². The Morgan fingerprint density at radius 3 is 2.37 bits per heavy atom. The average Bonchev–Trinajstić information content (AvgIpc) is 3.19. The number of carbonyl (C=O) groups is 1. The molecule has 1 N–H and O–H groups in total. The van der Waals surface area contributed by atoms with Crippen LogP contribution < -0.4 is 19.5 Å². The monoisotopic (exact) mass is 492 g/mol. The summed E-state index contributed by atoms with van der Waals surface area (Å²) in [6.07, 6.45) is 1.78. The van der Waals surface area contributed by atoms with Crippen molar-refractivity contribution in [1.82, 2.24) is 5.32 Å². The number of nitrogens with zero attached hydrogens (tertiary/aromatic N) is 1. The van der Waals surface area contributed by atoms with Crippen molar-refractivity contribution in [2.45, 2.75) is 20.5 Å². The molecule has 1 fully saturated rings. The van der Waals surface area contributed by atoms with Crippen molar-refractivity contribution >= 4 is 34.6 Å². The maximum Gasteiger partial charge on any atom is 0.264 e. The Labute approximate surface area is 207 Å². The van der Waals surface area contributed by atoms with Gasteiger partial charge in [0.05, 0.1) is 23.8 Å². The van der Waals surface area contributed by atoms with Gasteiger partial charge in [-0.05, 0) is 91.3 Å². The number of halogens is 1. The van der Waals surface area contributed by atoms with Gasteiger partial charge < -0.3 is 19.5 Å². The van der Waals surface area contributed by atoms with Crippen molar-refractivity contribution in [3.05, 3.63) is 88.6 Å². The summed E-state index contributed by atoms with van der Waals surface area (Å²) >= 11 is 1.27. The quantitative estimate of drug-likeness (QED) is 0.366. The molecule has 1 amide bonds. The Morgan fingerprint density at radius 2 is 1.66 bits per heavy atom. The van der Waals surface area contributed by atoms with E-state index in [1.54, 1.807) is 24.3 Å². The van der Waals surface area contributed by atoms with Gasteiger partial charge in [0.1, 0.15) is 18.2 Å². The van der Waals surface area contributed by atoms with Crippen LogP contribution in [0.3, 0.4) is 0 Å². The van der Waals surface area contributed by atoms with Crippen LogP contribution in [0.15, 0.2) is 76.6 Å². The highest BCUT2D eigenvalue weighted by Gasteiger charge is 2.24. The lowest BCUT2D eigenvalue weighted by Gasteiger charge is -2.13. The van der Waals surface area contributed by atoms with E-state index in [4.69, 9.17) is 14.2 Å². The van der Waals surface area contributed by atoms with E-state index in [-0.39, 0.29) is 18.3 Å². The van der Waals surface area contributed by atoms with Crippen molar-refractivity contribution in [3.8, 4) is 17.2 Å². The van der Waals surface area contributed by atoms with E-state index in [0.29, 0.717) is 34.8 Å². The molecule has 8 heteroatoms. The van der Waals surface area contributed by atoms with E-state index < -0.39 is 0 Å². The Balaban J connectivity index is 1.47. The summed E-state index contributed by atoms with van der Waals surface area (Å²) in [5.41, 5.74) is 2.36. The third kappa shape index (κ3) is 6.64. The highest BCUT2D eigenvalue weighted by atomic mass is 32.2. The zero-order valence-corrected chi connectivity index (χ0v) is 20.2. The summed E-state index contributed by atoms with van der Waals surface area (Å²) in [5.74, 6) is 1.41. The van der Waals surface area contributed by atoms with Crippen LogP contribution in [0.5, 0.6) is 17.2 Å². The van der Waals surface area contributed by atoms with E-state index in [9.17, 15) is 9.18 Å². The van der Waals surface area contributed by atoms with E-state index in [1.807, 2.05) is 50.2 Å². The van der Waals surface area contributed by atoms with Crippen LogP contribution in [-0.4, -0.2) is 24.3 Å². The molecule has 0 bridgehead atoms. The zero-order valence-electron chi connectivity index (χ0n) is 19.4. The predicted molar refractivity (Wildman–Crippen MR) is 137 cm³/mol. The molecule has 4 rings (SSSR count). The summed E-state index contributed by atoms with van der Waals surface area (Å²) in [6.45, 7) is 5.16. The number of hydrogen-bond acceptors (Lipinski definition) is 6. The molecular formula is C27H25FN2O4S. The van der Waals surface area contributed by atoms with Gasteiger partial charge in [-0.15, -0.1) is 0 Å². The fourth-order valence-electron chi connectivity index (χ4n) is 3.28. The largest absolute Gasteiger partial charge is 0.494 e.